The van der Waals surface area contributed by atoms with Crippen molar-refractivity contribution >= 4 is 5.82 Å². The van der Waals surface area contributed by atoms with Crippen LogP contribution >= 0.6 is 0 Å². The molecular formula is C13H23N3. The summed E-state index contributed by atoms with van der Waals surface area (Å²) < 4.78 is 0. The van der Waals surface area contributed by atoms with E-state index in [1.165, 1.54) is 6.42 Å². The van der Waals surface area contributed by atoms with E-state index in [0.717, 1.165) is 36.6 Å². The molecule has 0 bridgehead atoms. The number of rotatable bonds is 6. The van der Waals surface area contributed by atoms with Crippen LogP contribution in [0.4, 0.5) is 5.82 Å². The Hall–Kier alpha value is -1.12. The number of anilines is 1. The van der Waals surface area contributed by atoms with E-state index in [0.29, 0.717) is 5.92 Å². The third-order valence-electron chi connectivity index (χ3n) is 2.45. The van der Waals surface area contributed by atoms with Gasteiger partial charge in [0, 0.05) is 25.2 Å². The van der Waals surface area contributed by atoms with E-state index in [9.17, 15) is 0 Å². The minimum Gasteiger partial charge on any atom is -0.373 e. The summed E-state index contributed by atoms with van der Waals surface area (Å²) in [7, 11) is 1.91. The number of aromatic nitrogens is 2. The Morgan fingerprint density at radius 3 is 2.62 bits per heavy atom. The molecule has 1 N–H and O–H groups in total. The molecule has 0 aromatic carbocycles. The summed E-state index contributed by atoms with van der Waals surface area (Å²) in [5.41, 5.74) is 1.15. The summed E-state index contributed by atoms with van der Waals surface area (Å²) in [5.74, 6) is 2.56. The second-order valence-electron chi connectivity index (χ2n) is 4.61. The van der Waals surface area contributed by atoms with E-state index < -0.39 is 0 Å². The maximum atomic E-state index is 4.61. The summed E-state index contributed by atoms with van der Waals surface area (Å²) in [4.78, 5) is 9.08. The van der Waals surface area contributed by atoms with Gasteiger partial charge < -0.3 is 5.32 Å². The summed E-state index contributed by atoms with van der Waals surface area (Å²) in [6, 6.07) is 2.05. The zero-order valence-corrected chi connectivity index (χ0v) is 10.9. The highest BCUT2D eigenvalue weighted by molar-refractivity contribution is 5.35. The molecule has 0 aliphatic carbocycles. The first-order chi connectivity index (χ1) is 7.65. The van der Waals surface area contributed by atoms with Crippen LogP contribution in [-0.4, -0.2) is 17.0 Å². The molecule has 0 saturated carbocycles. The fourth-order valence-corrected chi connectivity index (χ4v) is 1.65. The van der Waals surface area contributed by atoms with Gasteiger partial charge in [-0.25, -0.2) is 9.97 Å². The third kappa shape index (κ3) is 4.17. The van der Waals surface area contributed by atoms with Crippen LogP contribution in [0, 0.1) is 5.92 Å². The first-order valence-corrected chi connectivity index (χ1v) is 6.20. The van der Waals surface area contributed by atoms with Gasteiger partial charge in [-0.15, -0.1) is 0 Å². The normalized spacial score (nSPS) is 10.8. The fourth-order valence-electron chi connectivity index (χ4n) is 1.65. The van der Waals surface area contributed by atoms with E-state index in [4.69, 9.17) is 0 Å². The average molecular weight is 221 g/mol. The Balaban J connectivity index is 2.82. The van der Waals surface area contributed by atoms with E-state index in [-0.39, 0.29) is 0 Å². The molecular weight excluding hydrogens is 198 g/mol. The average Bonchev–Trinajstić information content (AvgIpc) is 2.25. The van der Waals surface area contributed by atoms with Crippen LogP contribution in [0.5, 0.6) is 0 Å². The quantitative estimate of drug-likeness (QED) is 0.802. The molecule has 16 heavy (non-hydrogen) atoms. The highest BCUT2D eigenvalue weighted by Gasteiger charge is 2.05. The Morgan fingerprint density at radius 1 is 1.31 bits per heavy atom. The standard InChI is InChI=1S/C13H23N3/c1-5-6-7-12-15-11(8-10(2)3)9-13(14-4)16-12/h9-10H,5-8H2,1-4H3,(H,14,15,16). The molecule has 90 valence electrons. The lowest BCUT2D eigenvalue weighted by atomic mass is 10.1. The number of hydrogen-bond donors (Lipinski definition) is 1. The van der Waals surface area contributed by atoms with E-state index in [2.05, 4.69) is 42.1 Å². The van der Waals surface area contributed by atoms with Crippen LogP contribution in [0.3, 0.4) is 0 Å². The number of unbranched alkanes of at least 4 members (excludes halogenated alkanes) is 1. The predicted octanol–water partition coefficient (Wildman–Crippen LogP) is 3.06. The van der Waals surface area contributed by atoms with Gasteiger partial charge in [0.2, 0.25) is 0 Å². The molecule has 0 aliphatic rings. The first-order valence-electron chi connectivity index (χ1n) is 6.20. The SMILES string of the molecule is CCCCc1nc(CC(C)C)cc(NC)n1. The van der Waals surface area contributed by atoms with Gasteiger partial charge in [-0.05, 0) is 18.8 Å². The number of nitrogens with one attached hydrogen (secondary N) is 1. The van der Waals surface area contributed by atoms with Crippen molar-refractivity contribution in [3.63, 3.8) is 0 Å². The minimum atomic E-state index is 0.638. The lowest BCUT2D eigenvalue weighted by molar-refractivity contribution is 0.628. The molecule has 3 nitrogen and oxygen atoms in total. The van der Waals surface area contributed by atoms with Crippen LogP contribution in [0.1, 0.15) is 45.1 Å². The highest BCUT2D eigenvalue weighted by atomic mass is 15.0. The van der Waals surface area contributed by atoms with Gasteiger partial charge in [-0.3, -0.25) is 0 Å². The summed E-state index contributed by atoms with van der Waals surface area (Å²) >= 11 is 0. The Kier molecular flexibility index (Phi) is 5.23. The molecule has 1 aromatic rings. The molecule has 0 radical (unpaired) electrons. The van der Waals surface area contributed by atoms with Crippen LogP contribution in [0.25, 0.3) is 0 Å². The first kappa shape index (κ1) is 12.9. The summed E-state index contributed by atoms with van der Waals surface area (Å²) in [6.07, 6.45) is 4.36. The molecule has 0 aliphatic heterocycles. The van der Waals surface area contributed by atoms with Crippen molar-refractivity contribution in [1.82, 2.24) is 9.97 Å². The smallest absolute Gasteiger partial charge is 0.131 e. The van der Waals surface area contributed by atoms with Crippen molar-refractivity contribution in [2.45, 2.75) is 46.5 Å². The van der Waals surface area contributed by atoms with Crippen LogP contribution in [-0.2, 0) is 12.8 Å². The van der Waals surface area contributed by atoms with Crippen LogP contribution < -0.4 is 5.32 Å². The van der Waals surface area contributed by atoms with Crippen molar-refractivity contribution < 1.29 is 0 Å². The van der Waals surface area contributed by atoms with Gasteiger partial charge in [-0.1, -0.05) is 27.2 Å². The topological polar surface area (TPSA) is 37.8 Å². The Bertz CT molecular complexity index is 321. The van der Waals surface area contributed by atoms with Crippen molar-refractivity contribution in [2.75, 3.05) is 12.4 Å². The largest absolute Gasteiger partial charge is 0.373 e. The fraction of sp³-hybridized carbons (Fsp3) is 0.692. The lowest BCUT2D eigenvalue weighted by Crippen LogP contribution is -2.06. The van der Waals surface area contributed by atoms with Gasteiger partial charge in [-0.2, -0.15) is 0 Å². The van der Waals surface area contributed by atoms with Gasteiger partial charge in [0.25, 0.3) is 0 Å². The van der Waals surface area contributed by atoms with Crippen molar-refractivity contribution in [2.24, 2.45) is 5.92 Å². The molecule has 0 unspecified atom stereocenters. The number of hydrogen-bond acceptors (Lipinski definition) is 3. The number of nitrogens with zero attached hydrogens (tertiary/aromatic N) is 2. The molecule has 0 atom stereocenters. The molecule has 0 spiro atoms. The van der Waals surface area contributed by atoms with Gasteiger partial charge in [0.15, 0.2) is 0 Å². The summed E-state index contributed by atoms with van der Waals surface area (Å²) in [6.45, 7) is 6.62. The van der Waals surface area contributed by atoms with Crippen molar-refractivity contribution in [3.05, 3.63) is 17.6 Å². The van der Waals surface area contributed by atoms with Crippen LogP contribution in [0.2, 0.25) is 0 Å². The molecule has 0 amide bonds. The number of aryl methyl sites for hydroxylation is 1. The molecule has 3 heteroatoms. The lowest BCUT2D eigenvalue weighted by Gasteiger charge is -2.09. The van der Waals surface area contributed by atoms with Crippen molar-refractivity contribution in [1.29, 1.82) is 0 Å². The molecule has 0 saturated heterocycles. The second-order valence-corrected chi connectivity index (χ2v) is 4.61. The van der Waals surface area contributed by atoms with E-state index in [1.54, 1.807) is 0 Å². The second kappa shape index (κ2) is 6.46. The monoisotopic (exact) mass is 221 g/mol. The Labute approximate surface area is 98.7 Å². The molecule has 1 rings (SSSR count). The van der Waals surface area contributed by atoms with Gasteiger partial charge in [0.05, 0.1) is 0 Å². The van der Waals surface area contributed by atoms with Crippen LogP contribution in [0.15, 0.2) is 6.07 Å². The Morgan fingerprint density at radius 2 is 2.06 bits per heavy atom. The predicted molar refractivity (Wildman–Crippen MR) is 68.7 cm³/mol. The summed E-state index contributed by atoms with van der Waals surface area (Å²) in [5, 5.41) is 3.11. The highest BCUT2D eigenvalue weighted by Crippen LogP contribution is 2.12. The minimum absolute atomic E-state index is 0.638. The molecule has 1 aromatic heterocycles. The molecule has 1 heterocycles. The zero-order chi connectivity index (χ0) is 12.0. The van der Waals surface area contributed by atoms with E-state index in [1.807, 2.05) is 7.05 Å². The third-order valence-corrected chi connectivity index (χ3v) is 2.45. The van der Waals surface area contributed by atoms with Gasteiger partial charge in [0.1, 0.15) is 11.6 Å². The maximum absolute atomic E-state index is 4.61. The zero-order valence-electron chi connectivity index (χ0n) is 10.9. The van der Waals surface area contributed by atoms with E-state index >= 15 is 0 Å². The molecule has 0 fully saturated rings. The van der Waals surface area contributed by atoms with Crippen molar-refractivity contribution in [3.8, 4) is 0 Å². The maximum Gasteiger partial charge on any atom is 0.131 e. The van der Waals surface area contributed by atoms with Gasteiger partial charge >= 0.3 is 0 Å².